The molecular weight excluding hydrogens is 178 g/mol. The lowest BCUT2D eigenvalue weighted by Gasteiger charge is -2.14. The maximum atomic E-state index is 11.0. The third kappa shape index (κ3) is 5.75. The van der Waals surface area contributed by atoms with Crippen molar-refractivity contribution in [2.45, 2.75) is 39.7 Å². The fraction of sp³-hybridized carbons (Fsp3) is 0.727. The van der Waals surface area contributed by atoms with Gasteiger partial charge >= 0.3 is 5.97 Å². The van der Waals surface area contributed by atoms with E-state index >= 15 is 0 Å². The number of carbonyl (C=O) groups is 1. The van der Waals surface area contributed by atoms with Gasteiger partial charge in [0.1, 0.15) is 6.61 Å². The number of nitrogens with one attached hydrogen (secondary N) is 1. The molecule has 0 unspecified atom stereocenters. The van der Waals surface area contributed by atoms with Gasteiger partial charge in [-0.2, -0.15) is 0 Å². The summed E-state index contributed by atoms with van der Waals surface area (Å²) in [5, 5.41) is 3.31. The van der Waals surface area contributed by atoms with Crippen molar-refractivity contribution in [1.82, 2.24) is 5.32 Å². The van der Waals surface area contributed by atoms with Crippen LogP contribution < -0.4 is 5.32 Å². The van der Waals surface area contributed by atoms with Crippen LogP contribution in [0.1, 0.15) is 33.6 Å². The van der Waals surface area contributed by atoms with E-state index in [2.05, 4.69) is 25.7 Å². The summed E-state index contributed by atoms with van der Waals surface area (Å²) in [6.07, 6.45) is 2.20. The second-order valence-corrected chi connectivity index (χ2v) is 3.38. The highest BCUT2D eigenvalue weighted by molar-refractivity contribution is 5.86. The highest BCUT2D eigenvalue weighted by Gasteiger charge is 2.04. The summed E-state index contributed by atoms with van der Waals surface area (Å²) in [6, 6.07) is 0.526. The van der Waals surface area contributed by atoms with Crippen molar-refractivity contribution in [2.24, 2.45) is 0 Å². The van der Waals surface area contributed by atoms with Crippen LogP contribution in [0.15, 0.2) is 12.2 Å². The van der Waals surface area contributed by atoms with Crippen molar-refractivity contribution in [2.75, 3.05) is 13.2 Å². The fourth-order valence-corrected chi connectivity index (χ4v) is 1.11. The summed E-state index contributed by atoms with van der Waals surface area (Å²) in [4.78, 5) is 11.0. The van der Waals surface area contributed by atoms with Crippen molar-refractivity contribution in [3.05, 3.63) is 12.2 Å². The van der Waals surface area contributed by atoms with E-state index in [1.807, 2.05) is 0 Å². The molecule has 3 heteroatoms. The van der Waals surface area contributed by atoms with Crippen LogP contribution >= 0.6 is 0 Å². The molecule has 0 spiro atoms. The Kier molecular flexibility index (Phi) is 7.11. The van der Waals surface area contributed by atoms with Gasteiger partial charge in [0, 0.05) is 18.2 Å². The minimum Gasteiger partial charge on any atom is -0.461 e. The number of ether oxygens (including phenoxy) is 1. The summed E-state index contributed by atoms with van der Waals surface area (Å²) in [5.41, 5.74) is 0.451. The largest absolute Gasteiger partial charge is 0.461 e. The highest BCUT2D eigenvalue weighted by atomic mass is 16.5. The Balaban J connectivity index is 3.46. The van der Waals surface area contributed by atoms with Crippen LogP contribution in [-0.4, -0.2) is 25.2 Å². The molecule has 0 aromatic heterocycles. The molecule has 0 aliphatic heterocycles. The Bertz CT molecular complexity index is 186. The van der Waals surface area contributed by atoms with E-state index in [0.717, 1.165) is 12.8 Å². The van der Waals surface area contributed by atoms with Crippen LogP contribution in [0, 0.1) is 0 Å². The highest BCUT2D eigenvalue weighted by Crippen LogP contribution is 1.95. The number of hydrogen-bond donors (Lipinski definition) is 1. The van der Waals surface area contributed by atoms with Crippen molar-refractivity contribution >= 4 is 5.97 Å². The van der Waals surface area contributed by atoms with Gasteiger partial charge in [0.15, 0.2) is 0 Å². The number of rotatable bonds is 7. The second kappa shape index (κ2) is 7.56. The molecule has 0 aliphatic rings. The maximum absolute atomic E-state index is 11.0. The molecule has 3 nitrogen and oxygen atoms in total. The molecule has 0 heterocycles. The standard InChI is InChI=1S/C11H21NO2/c1-5-10(6-2)12-7-8-14-11(13)9(3)4/h10,12H,3,5-8H2,1-2,4H3. The lowest BCUT2D eigenvalue weighted by atomic mass is 10.2. The zero-order valence-corrected chi connectivity index (χ0v) is 9.43. The molecule has 0 bridgehead atoms. The molecule has 0 fully saturated rings. The van der Waals surface area contributed by atoms with Crippen LogP contribution in [0.25, 0.3) is 0 Å². The molecule has 0 aliphatic carbocycles. The van der Waals surface area contributed by atoms with E-state index in [0.29, 0.717) is 24.8 Å². The van der Waals surface area contributed by atoms with Gasteiger partial charge in [-0.15, -0.1) is 0 Å². The van der Waals surface area contributed by atoms with Crippen LogP contribution in [-0.2, 0) is 9.53 Å². The van der Waals surface area contributed by atoms with Gasteiger partial charge in [0.05, 0.1) is 0 Å². The van der Waals surface area contributed by atoms with Gasteiger partial charge in [-0.3, -0.25) is 0 Å². The SMILES string of the molecule is C=C(C)C(=O)OCCNC(CC)CC. The van der Waals surface area contributed by atoms with Gasteiger partial charge in [0.25, 0.3) is 0 Å². The number of esters is 1. The Morgan fingerprint density at radius 3 is 2.43 bits per heavy atom. The smallest absolute Gasteiger partial charge is 0.333 e. The number of hydrogen-bond acceptors (Lipinski definition) is 3. The van der Waals surface area contributed by atoms with Crippen molar-refractivity contribution < 1.29 is 9.53 Å². The molecule has 0 saturated carbocycles. The van der Waals surface area contributed by atoms with Crippen molar-refractivity contribution in [3.63, 3.8) is 0 Å². The lowest BCUT2D eigenvalue weighted by Crippen LogP contribution is -2.31. The Morgan fingerprint density at radius 2 is 2.00 bits per heavy atom. The first-order valence-corrected chi connectivity index (χ1v) is 5.17. The first-order valence-electron chi connectivity index (χ1n) is 5.17. The molecule has 1 N–H and O–H groups in total. The number of carbonyl (C=O) groups excluding carboxylic acids is 1. The van der Waals surface area contributed by atoms with E-state index in [4.69, 9.17) is 4.74 Å². The third-order valence-corrected chi connectivity index (χ3v) is 2.10. The van der Waals surface area contributed by atoms with E-state index < -0.39 is 0 Å². The summed E-state index contributed by atoms with van der Waals surface area (Å²) in [5.74, 6) is -0.309. The summed E-state index contributed by atoms with van der Waals surface area (Å²) < 4.78 is 4.94. The van der Waals surface area contributed by atoms with E-state index in [-0.39, 0.29) is 5.97 Å². The zero-order chi connectivity index (χ0) is 11.0. The second-order valence-electron chi connectivity index (χ2n) is 3.38. The molecule has 0 aromatic carbocycles. The first kappa shape index (κ1) is 13.2. The van der Waals surface area contributed by atoms with Gasteiger partial charge in [0.2, 0.25) is 0 Å². The summed E-state index contributed by atoms with van der Waals surface area (Å²) in [7, 11) is 0. The maximum Gasteiger partial charge on any atom is 0.333 e. The van der Waals surface area contributed by atoms with Gasteiger partial charge in [-0.05, 0) is 19.8 Å². The van der Waals surface area contributed by atoms with E-state index in [1.165, 1.54) is 0 Å². The predicted molar refractivity (Wildman–Crippen MR) is 58.1 cm³/mol. The van der Waals surface area contributed by atoms with E-state index in [9.17, 15) is 4.79 Å². The molecule has 0 amide bonds. The predicted octanol–water partition coefficient (Wildman–Crippen LogP) is 1.88. The molecule has 14 heavy (non-hydrogen) atoms. The average molecular weight is 199 g/mol. The monoisotopic (exact) mass is 199 g/mol. The quantitative estimate of drug-likeness (QED) is 0.386. The molecule has 0 radical (unpaired) electrons. The Morgan fingerprint density at radius 1 is 1.43 bits per heavy atom. The molecule has 0 saturated heterocycles. The summed E-state index contributed by atoms with van der Waals surface area (Å²) in [6.45, 7) is 10.6. The molecule has 82 valence electrons. The fourth-order valence-electron chi connectivity index (χ4n) is 1.11. The molecule has 0 rings (SSSR count). The normalized spacial score (nSPS) is 10.3. The van der Waals surface area contributed by atoms with E-state index in [1.54, 1.807) is 6.92 Å². The Labute approximate surface area is 86.5 Å². The van der Waals surface area contributed by atoms with Crippen LogP contribution in [0.3, 0.4) is 0 Å². The van der Waals surface area contributed by atoms with Gasteiger partial charge in [-0.1, -0.05) is 20.4 Å². The topological polar surface area (TPSA) is 38.3 Å². The molecular formula is C11H21NO2. The molecule has 0 atom stereocenters. The minimum absolute atomic E-state index is 0.309. The zero-order valence-electron chi connectivity index (χ0n) is 9.43. The van der Waals surface area contributed by atoms with Crippen LogP contribution in [0.5, 0.6) is 0 Å². The van der Waals surface area contributed by atoms with Crippen LogP contribution in [0.2, 0.25) is 0 Å². The average Bonchev–Trinajstić information content (AvgIpc) is 2.17. The first-order chi connectivity index (χ1) is 6.61. The summed E-state index contributed by atoms with van der Waals surface area (Å²) >= 11 is 0. The minimum atomic E-state index is -0.309. The third-order valence-electron chi connectivity index (χ3n) is 2.10. The van der Waals surface area contributed by atoms with Crippen LogP contribution in [0.4, 0.5) is 0 Å². The van der Waals surface area contributed by atoms with Gasteiger partial charge < -0.3 is 10.1 Å². The van der Waals surface area contributed by atoms with Crippen molar-refractivity contribution in [1.29, 1.82) is 0 Å². The molecule has 0 aromatic rings. The van der Waals surface area contributed by atoms with Crippen molar-refractivity contribution in [3.8, 4) is 0 Å². The van der Waals surface area contributed by atoms with Gasteiger partial charge in [-0.25, -0.2) is 4.79 Å². The lowest BCUT2D eigenvalue weighted by molar-refractivity contribution is -0.138. The Hall–Kier alpha value is -0.830.